The number of hydrogen-bond acceptors (Lipinski definition) is 3. The van der Waals surface area contributed by atoms with Gasteiger partial charge in [0.05, 0.1) is 13.7 Å². The van der Waals surface area contributed by atoms with Gasteiger partial charge in [0.25, 0.3) is 0 Å². The van der Waals surface area contributed by atoms with E-state index in [9.17, 15) is 0 Å². The lowest BCUT2D eigenvalue weighted by molar-refractivity contribution is 0.181. The normalized spacial score (nSPS) is 21.1. The molecule has 3 nitrogen and oxygen atoms in total. The first kappa shape index (κ1) is 14.9. The fourth-order valence-electron chi connectivity index (χ4n) is 3.40. The summed E-state index contributed by atoms with van der Waals surface area (Å²) in [6.45, 7) is 4.02. The Morgan fingerprint density at radius 3 is 2.62 bits per heavy atom. The van der Waals surface area contributed by atoms with Gasteiger partial charge in [0, 0.05) is 25.3 Å². The molecule has 0 heterocycles. The van der Waals surface area contributed by atoms with Crippen molar-refractivity contribution in [1.82, 2.24) is 5.32 Å². The third-order valence-corrected chi connectivity index (χ3v) is 5.20. The molecule has 0 radical (unpaired) electrons. The molecular weight excluding hydrogens is 262 g/mol. The van der Waals surface area contributed by atoms with Crippen molar-refractivity contribution in [3.05, 3.63) is 29.3 Å². The SMILES string of the molecule is COCc1cc(C(C)NCC2(C3CC3)CC2)ccc1OC. The zero-order valence-corrected chi connectivity index (χ0v) is 13.4. The van der Waals surface area contributed by atoms with E-state index in [2.05, 4.69) is 30.4 Å². The minimum atomic E-state index is 0.378. The zero-order valence-electron chi connectivity index (χ0n) is 13.4. The van der Waals surface area contributed by atoms with Crippen LogP contribution in [0.4, 0.5) is 0 Å². The van der Waals surface area contributed by atoms with E-state index in [4.69, 9.17) is 9.47 Å². The molecule has 0 spiro atoms. The molecule has 2 fully saturated rings. The quantitative estimate of drug-likeness (QED) is 0.792. The standard InChI is InChI=1S/C18H27NO2/c1-13(19-12-18(8-9-18)16-5-6-16)14-4-7-17(21-3)15(10-14)11-20-2/h4,7,10,13,16,19H,5-6,8-9,11-12H2,1-3H3. The highest BCUT2D eigenvalue weighted by molar-refractivity contribution is 5.38. The van der Waals surface area contributed by atoms with Crippen LogP contribution in [0.2, 0.25) is 0 Å². The maximum atomic E-state index is 5.40. The topological polar surface area (TPSA) is 30.5 Å². The van der Waals surface area contributed by atoms with Crippen molar-refractivity contribution >= 4 is 0 Å². The zero-order chi connectivity index (χ0) is 14.9. The number of nitrogens with one attached hydrogen (secondary N) is 1. The van der Waals surface area contributed by atoms with Crippen LogP contribution in [0.25, 0.3) is 0 Å². The molecule has 2 aliphatic carbocycles. The van der Waals surface area contributed by atoms with Crippen molar-refractivity contribution in [1.29, 1.82) is 0 Å². The number of ether oxygens (including phenoxy) is 2. The maximum absolute atomic E-state index is 5.40. The van der Waals surface area contributed by atoms with Crippen LogP contribution in [0.15, 0.2) is 18.2 Å². The highest BCUT2D eigenvalue weighted by Crippen LogP contribution is 2.60. The van der Waals surface area contributed by atoms with Crippen LogP contribution < -0.4 is 10.1 Å². The number of hydrogen-bond donors (Lipinski definition) is 1. The molecule has 2 saturated carbocycles. The van der Waals surface area contributed by atoms with E-state index >= 15 is 0 Å². The molecule has 3 heteroatoms. The molecule has 116 valence electrons. The van der Waals surface area contributed by atoms with Gasteiger partial charge in [-0.05, 0) is 61.6 Å². The summed E-state index contributed by atoms with van der Waals surface area (Å²) in [5.74, 6) is 1.92. The van der Waals surface area contributed by atoms with Crippen LogP contribution >= 0.6 is 0 Å². The van der Waals surface area contributed by atoms with Gasteiger partial charge in [0.2, 0.25) is 0 Å². The van der Waals surface area contributed by atoms with Crippen LogP contribution in [0.1, 0.15) is 49.8 Å². The molecular formula is C18H27NO2. The second-order valence-electron chi connectivity index (χ2n) is 6.74. The van der Waals surface area contributed by atoms with Gasteiger partial charge < -0.3 is 14.8 Å². The lowest BCUT2D eigenvalue weighted by atomic mass is 9.99. The van der Waals surface area contributed by atoms with Crippen LogP contribution in [0.5, 0.6) is 5.75 Å². The second kappa shape index (κ2) is 5.98. The minimum absolute atomic E-state index is 0.378. The number of methoxy groups -OCH3 is 2. The van der Waals surface area contributed by atoms with Crippen molar-refractivity contribution in [3.63, 3.8) is 0 Å². The third kappa shape index (κ3) is 3.24. The van der Waals surface area contributed by atoms with Crippen molar-refractivity contribution < 1.29 is 9.47 Å². The fourth-order valence-corrected chi connectivity index (χ4v) is 3.40. The Bertz CT molecular complexity index is 492. The highest BCUT2D eigenvalue weighted by atomic mass is 16.5. The predicted octanol–water partition coefficient (Wildman–Crippen LogP) is 3.68. The van der Waals surface area contributed by atoms with Gasteiger partial charge in [0.15, 0.2) is 0 Å². The van der Waals surface area contributed by atoms with Gasteiger partial charge in [-0.25, -0.2) is 0 Å². The lowest BCUT2D eigenvalue weighted by Crippen LogP contribution is -2.28. The minimum Gasteiger partial charge on any atom is -0.496 e. The van der Waals surface area contributed by atoms with Gasteiger partial charge in [-0.2, -0.15) is 0 Å². The predicted molar refractivity (Wildman–Crippen MR) is 84.5 cm³/mol. The van der Waals surface area contributed by atoms with Crippen LogP contribution in [0.3, 0.4) is 0 Å². The van der Waals surface area contributed by atoms with E-state index < -0.39 is 0 Å². The van der Waals surface area contributed by atoms with Crippen molar-refractivity contribution in [3.8, 4) is 5.75 Å². The van der Waals surface area contributed by atoms with Crippen LogP contribution in [-0.4, -0.2) is 20.8 Å². The van der Waals surface area contributed by atoms with E-state index in [1.165, 1.54) is 37.8 Å². The second-order valence-corrected chi connectivity index (χ2v) is 6.74. The van der Waals surface area contributed by atoms with Gasteiger partial charge >= 0.3 is 0 Å². The van der Waals surface area contributed by atoms with E-state index in [-0.39, 0.29) is 0 Å². The molecule has 1 unspecified atom stereocenters. The summed E-state index contributed by atoms with van der Waals surface area (Å²) in [6, 6.07) is 6.79. The first-order valence-electron chi connectivity index (χ1n) is 8.07. The number of rotatable bonds is 8. The summed E-state index contributed by atoms with van der Waals surface area (Å²) in [4.78, 5) is 0. The Labute approximate surface area is 128 Å². The van der Waals surface area contributed by atoms with Crippen molar-refractivity contribution in [2.75, 3.05) is 20.8 Å². The molecule has 1 atom stereocenters. The molecule has 2 aliphatic rings. The molecule has 21 heavy (non-hydrogen) atoms. The number of benzene rings is 1. The Kier molecular flexibility index (Phi) is 4.23. The summed E-state index contributed by atoms with van der Waals surface area (Å²) in [6.07, 6.45) is 5.76. The fraction of sp³-hybridized carbons (Fsp3) is 0.667. The molecule has 0 aliphatic heterocycles. The monoisotopic (exact) mass is 289 g/mol. The van der Waals surface area contributed by atoms with Crippen molar-refractivity contribution in [2.24, 2.45) is 11.3 Å². The molecule has 1 N–H and O–H groups in total. The molecule has 0 aromatic heterocycles. The average molecular weight is 289 g/mol. The maximum Gasteiger partial charge on any atom is 0.124 e. The molecule has 1 aromatic carbocycles. The Morgan fingerprint density at radius 2 is 2.05 bits per heavy atom. The molecule has 0 saturated heterocycles. The van der Waals surface area contributed by atoms with Gasteiger partial charge in [0.1, 0.15) is 5.75 Å². The van der Waals surface area contributed by atoms with Gasteiger partial charge in [-0.3, -0.25) is 0 Å². The Hall–Kier alpha value is -1.06. The lowest BCUT2D eigenvalue weighted by Gasteiger charge is -2.21. The summed E-state index contributed by atoms with van der Waals surface area (Å²) in [5, 5.41) is 3.75. The van der Waals surface area contributed by atoms with Gasteiger partial charge in [-0.1, -0.05) is 6.07 Å². The largest absolute Gasteiger partial charge is 0.496 e. The summed E-state index contributed by atoms with van der Waals surface area (Å²) < 4.78 is 10.7. The highest BCUT2D eigenvalue weighted by Gasteiger charge is 2.53. The van der Waals surface area contributed by atoms with E-state index in [1.807, 2.05) is 0 Å². The summed E-state index contributed by atoms with van der Waals surface area (Å²) in [5.41, 5.74) is 3.08. The van der Waals surface area contributed by atoms with Crippen LogP contribution in [0, 0.1) is 11.3 Å². The smallest absolute Gasteiger partial charge is 0.124 e. The van der Waals surface area contributed by atoms with E-state index in [0.717, 1.165) is 17.2 Å². The van der Waals surface area contributed by atoms with E-state index in [1.54, 1.807) is 14.2 Å². The average Bonchev–Trinajstić information content (AvgIpc) is 3.38. The van der Waals surface area contributed by atoms with Crippen LogP contribution in [-0.2, 0) is 11.3 Å². The first-order valence-corrected chi connectivity index (χ1v) is 8.07. The summed E-state index contributed by atoms with van der Waals surface area (Å²) in [7, 11) is 3.43. The third-order valence-electron chi connectivity index (χ3n) is 5.20. The van der Waals surface area contributed by atoms with E-state index in [0.29, 0.717) is 18.1 Å². The van der Waals surface area contributed by atoms with Gasteiger partial charge in [-0.15, -0.1) is 0 Å². The molecule has 3 rings (SSSR count). The Balaban J connectivity index is 1.63. The van der Waals surface area contributed by atoms with Crippen molar-refractivity contribution in [2.45, 2.75) is 45.3 Å². The molecule has 0 amide bonds. The Morgan fingerprint density at radius 1 is 1.29 bits per heavy atom. The first-order chi connectivity index (χ1) is 10.2. The summed E-state index contributed by atoms with van der Waals surface area (Å²) >= 11 is 0. The molecule has 1 aromatic rings. The molecule has 0 bridgehead atoms.